The van der Waals surface area contributed by atoms with Gasteiger partial charge in [0.2, 0.25) is 5.88 Å². The number of phenols is 1. The number of benzene rings is 4. The van der Waals surface area contributed by atoms with Gasteiger partial charge < -0.3 is 24.6 Å². The van der Waals surface area contributed by atoms with Crippen molar-refractivity contribution in [2.24, 2.45) is 10.2 Å². The first-order valence-corrected chi connectivity index (χ1v) is 11.1. The first-order chi connectivity index (χ1) is 17.5. The maximum absolute atomic E-state index is 11.0. The number of fused-ring (bicyclic) bond motifs is 1. The van der Waals surface area contributed by atoms with Gasteiger partial charge in [0.1, 0.15) is 11.4 Å². The molecule has 0 aliphatic rings. The van der Waals surface area contributed by atoms with Gasteiger partial charge in [-0.2, -0.15) is 0 Å². The van der Waals surface area contributed by atoms with Crippen molar-refractivity contribution in [3.8, 4) is 28.5 Å². The van der Waals surface area contributed by atoms with E-state index in [0.717, 1.165) is 16.5 Å². The van der Waals surface area contributed by atoms with E-state index in [1.165, 1.54) is 12.1 Å². The van der Waals surface area contributed by atoms with Crippen molar-refractivity contribution < 1.29 is 24.9 Å². The maximum atomic E-state index is 11.0. The molecule has 8 nitrogen and oxygen atoms in total. The van der Waals surface area contributed by atoms with E-state index in [-0.39, 0.29) is 23.1 Å². The largest absolute Gasteiger partial charge is 0.511 e. The Kier molecular flexibility index (Phi) is 6.07. The second-order valence-electron chi connectivity index (χ2n) is 8.03. The predicted octanol–water partition coefficient (Wildman–Crippen LogP) is 7.24. The van der Waals surface area contributed by atoms with Crippen LogP contribution >= 0.6 is 0 Å². The van der Waals surface area contributed by atoms with Crippen molar-refractivity contribution in [1.82, 2.24) is 4.57 Å². The van der Waals surface area contributed by atoms with Crippen LogP contribution in [0.3, 0.4) is 0 Å². The summed E-state index contributed by atoms with van der Waals surface area (Å²) < 4.78 is 6.48. The Labute approximate surface area is 206 Å². The van der Waals surface area contributed by atoms with Crippen molar-refractivity contribution in [1.29, 1.82) is 0 Å². The summed E-state index contributed by atoms with van der Waals surface area (Å²) in [5, 5.41) is 40.1. The van der Waals surface area contributed by atoms with Crippen molar-refractivity contribution in [3.05, 3.63) is 103 Å². The average Bonchev–Trinajstić information content (AvgIpc) is 3.14. The molecule has 8 heteroatoms. The normalized spacial score (nSPS) is 11.2. The fraction of sp³-hybridized carbons (Fsp3) is 0.0357. The smallest absolute Gasteiger partial charge is 0.505 e. The Balaban J connectivity index is 1.52. The number of ether oxygens (including phenoxy) is 1. The van der Waals surface area contributed by atoms with Crippen molar-refractivity contribution in [2.45, 2.75) is 6.54 Å². The molecule has 0 saturated heterocycles. The number of hydrogen-bond acceptors (Lipinski definition) is 6. The van der Waals surface area contributed by atoms with E-state index >= 15 is 0 Å². The van der Waals surface area contributed by atoms with E-state index in [1.807, 2.05) is 54.6 Å². The zero-order valence-corrected chi connectivity index (χ0v) is 18.9. The molecule has 0 saturated carbocycles. The number of rotatable bonds is 6. The van der Waals surface area contributed by atoms with Crippen molar-refractivity contribution in [2.75, 3.05) is 0 Å². The molecule has 0 bridgehead atoms. The van der Waals surface area contributed by atoms with Crippen LogP contribution in [0, 0.1) is 0 Å². The number of carbonyl (C=O) groups is 1. The van der Waals surface area contributed by atoms with E-state index < -0.39 is 6.16 Å². The number of aromatic hydroxyl groups is 2. The summed E-state index contributed by atoms with van der Waals surface area (Å²) in [6.07, 6.45) is -1.43. The Morgan fingerprint density at radius 3 is 2.39 bits per heavy atom. The highest BCUT2D eigenvalue weighted by Crippen LogP contribution is 2.42. The quantitative estimate of drug-likeness (QED) is 0.135. The first kappa shape index (κ1) is 22.7. The van der Waals surface area contributed by atoms with Gasteiger partial charge >= 0.3 is 6.16 Å². The number of carboxylic acid groups (broad SMARTS) is 1. The summed E-state index contributed by atoms with van der Waals surface area (Å²) in [5.74, 6) is -0.0400. The number of phenolic OH excluding ortho intramolecular Hbond substituents is 1. The lowest BCUT2D eigenvalue weighted by Gasteiger charge is -2.08. The summed E-state index contributed by atoms with van der Waals surface area (Å²) in [4.78, 5) is 10.9. The maximum Gasteiger partial charge on any atom is 0.511 e. The lowest BCUT2D eigenvalue weighted by Crippen LogP contribution is -2.02. The van der Waals surface area contributed by atoms with Gasteiger partial charge in [0.05, 0.1) is 12.1 Å². The minimum absolute atomic E-state index is 0.0297. The lowest BCUT2D eigenvalue weighted by atomic mass is 10.0. The third kappa shape index (κ3) is 4.47. The number of aromatic nitrogens is 1. The molecule has 0 aliphatic heterocycles. The molecule has 3 N–H and O–H groups in total. The average molecular weight is 479 g/mol. The minimum atomic E-state index is -1.43. The highest BCUT2D eigenvalue weighted by Gasteiger charge is 2.17. The molecule has 1 heterocycles. The van der Waals surface area contributed by atoms with E-state index in [9.17, 15) is 15.0 Å². The van der Waals surface area contributed by atoms with E-state index in [1.54, 1.807) is 34.9 Å². The lowest BCUT2D eigenvalue weighted by molar-refractivity contribution is 0.144. The van der Waals surface area contributed by atoms with Gasteiger partial charge in [-0.15, -0.1) is 10.2 Å². The fourth-order valence-corrected chi connectivity index (χ4v) is 4.07. The topological polar surface area (TPSA) is 117 Å². The second-order valence-corrected chi connectivity index (χ2v) is 8.03. The second kappa shape index (κ2) is 9.63. The summed E-state index contributed by atoms with van der Waals surface area (Å²) in [5.41, 5.74) is 3.29. The van der Waals surface area contributed by atoms with Gasteiger partial charge in [-0.1, -0.05) is 72.8 Å². The molecule has 0 amide bonds. The molecule has 1 aromatic heterocycles. The van der Waals surface area contributed by atoms with Crippen LogP contribution in [-0.4, -0.2) is 26.0 Å². The third-order valence-electron chi connectivity index (χ3n) is 5.72. The molecular formula is C28H21N3O5. The Hall–Kier alpha value is -5.11. The Morgan fingerprint density at radius 1 is 0.833 bits per heavy atom. The van der Waals surface area contributed by atoms with Crippen molar-refractivity contribution in [3.63, 3.8) is 0 Å². The molecule has 5 rings (SSSR count). The number of nitrogens with zero attached hydrogens (tertiary/aromatic N) is 3. The first-order valence-electron chi connectivity index (χ1n) is 11.1. The Morgan fingerprint density at radius 2 is 1.58 bits per heavy atom. The van der Waals surface area contributed by atoms with Crippen LogP contribution in [0.5, 0.6) is 17.4 Å². The van der Waals surface area contributed by atoms with Crippen LogP contribution in [-0.2, 0) is 6.54 Å². The monoisotopic (exact) mass is 479 g/mol. The zero-order valence-electron chi connectivity index (χ0n) is 18.9. The van der Waals surface area contributed by atoms with Gasteiger partial charge in [-0.25, -0.2) is 4.79 Å². The molecule has 36 heavy (non-hydrogen) atoms. The van der Waals surface area contributed by atoms with Crippen LogP contribution in [0.2, 0.25) is 0 Å². The molecule has 178 valence electrons. The zero-order chi connectivity index (χ0) is 25.1. The van der Waals surface area contributed by atoms with E-state index in [2.05, 4.69) is 10.2 Å². The molecule has 0 atom stereocenters. The molecule has 0 fully saturated rings. The summed E-state index contributed by atoms with van der Waals surface area (Å²) in [7, 11) is 0. The Bertz CT molecular complexity index is 1590. The van der Waals surface area contributed by atoms with Crippen molar-refractivity contribution >= 4 is 28.4 Å². The van der Waals surface area contributed by atoms with Crippen LogP contribution in [0.25, 0.3) is 22.0 Å². The van der Waals surface area contributed by atoms with Gasteiger partial charge in [0.25, 0.3) is 0 Å². The highest BCUT2D eigenvalue weighted by molar-refractivity contribution is 5.95. The van der Waals surface area contributed by atoms with Gasteiger partial charge in [-0.05, 0) is 35.4 Å². The fourth-order valence-electron chi connectivity index (χ4n) is 4.07. The predicted molar refractivity (Wildman–Crippen MR) is 136 cm³/mol. The summed E-state index contributed by atoms with van der Waals surface area (Å²) in [6.45, 7) is 0.457. The highest BCUT2D eigenvalue weighted by atomic mass is 16.7. The third-order valence-corrected chi connectivity index (χ3v) is 5.72. The molecule has 0 unspecified atom stereocenters. The summed E-state index contributed by atoms with van der Waals surface area (Å²) >= 11 is 0. The van der Waals surface area contributed by atoms with Crippen LogP contribution in [0.4, 0.5) is 16.2 Å². The van der Waals surface area contributed by atoms with Gasteiger partial charge in [0.15, 0.2) is 11.4 Å². The summed E-state index contributed by atoms with van der Waals surface area (Å²) in [6, 6.07) is 28.6. The standard InChI is InChI=1S/C28H21N3O5/c32-26-21(19-10-6-11-20(16-19)36-28(34)35)13-7-14-23(26)29-30-25-22-12-4-5-15-24(22)31(27(25)33)17-18-8-2-1-3-9-18/h1-16,32-33H,17H2,(H,34,35). The van der Waals surface area contributed by atoms with Gasteiger partial charge in [-0.3, -0.25) is 0 Å². The van der Waals surface area contributed by atoms with Crippen LogP contribution in [0.1, 0.15) is 5.56 Å². The SMILES string of the molecule is O=C(O)Oc1cccc(-c2cccc(N=Nc3c(O)n(Cc4ccccc4)c4ccccc34)c2O)c1. The molecule has 0 radical (unpaired) electrons. The number of para-hydroxylation sites is 2. The number of azo groups is 1. The molecule has 5 aromatic rings. The van der Waals surface area contributed by atoms with E-state index in [0.29, 0.717) is 23.4 Å². The van der Waals surface area contributed by atoms with Crippen LogP contribution in [0.15, 0.2) is 107 Å². The van der Waals surface area contributed by atoms with E-state index in [4.69, 9.17) is 9.84 Å². The molecular weight excluding hydrogens is 458 g/mol. The number of hydrogen-bond donors (Lipinski definition) is 3. The molecule has 4 aromatic carbocycles. The minimum Gasteiger partial charge on any atom is -0.505 e. The van der Waals surface area contributed by atoms with Crippen LogP contribution < -0.4 is 4.74 Å². The van der Waals surface area contributed by atoms with Gasteiger partial charge in [0, 0.05) is 10.9 Å². The molecule has 0 spiro atoms. The molecule has 0 aliphatic carbocycles.